The monoisotopic (exact) mass is 337 g/mol. The molecule has 2 unspecified atom stereocenters. The predicted molar refractivity (Wildman–Crippen MR) is 101 cm³/mol. The van der Waals surface area contributed by atoms with E-state index in [2.05, 4.69) is 43.2 Å². The number of carbonyl (C=O) groups is 1. The number of nitrogens with one attached hydrogen (secondary N) is 2. The van der Waals surface area contributed by atoms with E-state index in [-0.39, 0.29) is 11.4 Å². The maximum atomic E-state index is 12.4. The third kappa shape index (κ3) is 5.73. The van der Waals surface area contributed by atoms with E-state index in [0.717, 1.165) is 25.6 Å². The van der Waals surface area contributed by atoms with Gasteiger partial charge in [-0.3, -0.25) is 9.69 Å². The molecule has 4 heteroatoms. The van der Waals surface area contributed by atoms with Crippen molar-refractivity contribution in [2.24, 2.45) is 17.8 Å². The summed E-state index contributed by atoms with van der Waals surface area (Å²) in [5.74, 6) is 2.26. The average Bonchev–Trinajstić information content (AvgIpc) is 2.61. The lowest BCUT2D eigenvalue weighted by Crippen LogP contribution is -2.55. The van der Waals surface area contributed by atoms with Gasteiger partial charge >= 0.3 is 0 Å². The van der Waals surface area contributed by atoms with Crippen molar-refractivity contribution in [3.63, 3.8) is 0 Å². The molecule has 0 saturated carbocycles. The van der Waals surface area contributed by atoms with Gasteiger partial charge in [-0.1, -0.05) is 20.3 Å². The van der Waals surface area contributed by atoms with Crippen molar-refractivity contribution in [2.75, 3.05) is 32.7 Å². The Bertz CT molecular complexity index is 390. The standard InChI is InChI=1S/C20H39N3O/c1-5-17-7-6-12-23(14-17)20(3,4)15-22-19(24)13-16(2)18-8-10-21-11-9-18/h16-18,21H,5-15H2,1-4H3,(H,22,24). The van der Waals surface area contributed by atoms with Crippen LogP contribution in [0.2, 0.25) is 0 Å². The molecule has 140 valence electrons. The molecule has 1 amide bonds. The minimum Gasteiger partial charge on any atom is -0.354 e. The molecule has 24 heavy (non-hydrogen) atoms. The van der Waals surface area contributed by atoms with E-state index >= 15 is 0 Å². The van der Waals surface area contributed by atoms with E-state index in [1.807, 2.05) is 0 Å². The summed E-state index contributed by atoms with van der Waals surface area (Å²) >= 11 is 0. The highest BCUT2D eigenvalue weighted by atomic mass is 16.1. The number of hydrogen-bond acceptors (Lipinski definition) is 3. The maximum absolute atomic E-state index is 12.4. The first-order valence-electron chi connectivity index (χ1n) is 10.1. The van der Waals surface area contributed by atoms with E-state index < -0.39 is 0 Å². The average molecular weight is 338 g/mol. The second-order valence-electron chi connectivity index (χ2n) is 8.72. The molecule has 2 atom stereocenters. The largest absolute Gasteiger partial charge is 0.354 e. The maximum Gasteiger partial charge on any atom is 0.220 e. The molecule has 0 aliphatic carbocycles. The van der Waals surface area contributed by atoms with Crippen molar-refractivity contribution in [1.82, 2.24) is 15.5 Å². The van der Waals surface area contributed by atoms with Crippen molar-refractivity contribution >= 4 is 5.91 Å². The van der Waals surface area contributed by atoms with Crippen LogP contribution in [0.1, 0.15) is 66.2 Å². The van der Waals surface area contributed by atoms with Crippen molar-refractivity contribution < 1.29 is 4.79 Å². The molecule has 0 spiro atoms. The molecule has 2 N–H and O–H groups in total. The zero-order valence-electron chi connectivity index (χ0n) is 16.4. The SMILES string of the molecule is CCC1CCCN(C(C)(C)CNC(=O)CC(C)C2CCNCC2)C1. The second-order valence-corrected chi connectivity index (χ2v) is 8.72. The van der Waals surface area contributed by atoms with Crippen molar-refractivity contribution in [3.8, 4) is 0 Å². The van der Waals surface area contributed by atoms with Gasteiger partial charge in [0, 0.05) is 25.0 Å². The molecule has 4 nitrogen and oxygen atoms in total. The summed E-state index contributed by atoms with van der Waals surface area (Å²) < 4.78 is 0. The van der Waals surface area contributed by atoms with Crippen LogP contribution < -0.4 is 10.6 Å². The highest BCUT2D eigenvalue weighted by Gasteiger charge is 2.31. The van der Waals surface area contributed by atoms with Gasteiger partial charge in [-0.2, -0.15) is 0 Å². The number of rotatable bonds is 7. The summed E-state index contributed by atoms with van der Waals surface area (Å²) in [5, 5.41) is 6.63. The van der Waals surface area contributed by atoms with E-state index in [4.69, 9.17) is 0 Å². The zero-order valence-corrected chi connectivity index (χ0v) is 16.4. The lowest BCUT2D eigenvalue weighted by molar-refractivity contribution is -0.123. The van der Waals surface area contributed by atoms with E-state index in [1.165, 1.54) is 45.2 Å². The third-order valence-corrected chi connectivity index (χ3v) is 6.37. The molecule has 0 aromatic rings. The van der Waals surface area contributed by atoms with Gasteiger partial charge in [0.2, 0.25) is 5.91 Å². The van der Waals surface area contributed by atoms with Crippen LogP contribution in [0.15, 0.2) is 0 Å². The molecule has 0 radical (unpaired) electrons. The van der Waals surface area contributed by atoms with Crippen LogP contribution in [0.5, 0.6) is 0 Å². The van der Waals surface area contributed by atoms with Crippen LogP contribution in [0.3, 0.4) is 0 Å². The van der Waals surface area contributed by atoms with Gasteiger partial charge in [0.05, 0.1) is 0 Å². The lowest BCUT2D eigenvalue weighted by atomic mass is 9.84. The Kier molecular flexibility index (Phi) is 7.55. The lowest BCUT2D eigenvalue weighted by Gasteiger charge is -2.43. The van der Waals surface area contributed by atoms with Crippen molar-refractivity contribution in [3.05, 3.63) is 0 Å². The van der Waals surface area contributed by atoms with E-state index in [0.29, 0.717) is 18.3 Å². The molecule has 0 aromatic heterocycles. The van der Waals surface area contributed by atoms with Gasteiger partial charge in [-0.15, -0.1) is 0 Å². The first-order chi connectivity index (χ1) is 11.4. The Hall–Kier alpha value is -0.610. The summed E-state index contributed by atoms with van der Waals surface area (Å²) in [4.78, 5) is 15.0. The summed E-state index contributed by atoms with van der Waals surface area (Å²) in [5.41, 5.74) is 0.0570. The Balaban J connectivity index is 1.75. The number of nitrogens with zero attached hydrogens (tertiary/aromatic N) is 1. The number of likely N-dealkylation sites (tertiary alicyclic amines) is 1. The normalized spacial score (nSPS) is 25.4. The molecule has 2 fully saturated rings. The molecular weight excluding hydrogens is 298 g/mol. The van der Waals surface area contributed by atoms with Crippen LogP contribution in [-0.4, -0.2) is 49.1 Å². The molecule has 2 saturated heterocycles. The summed E-state index contributed by atoms with van der Waals surface area (Å²) in [6.45, 7) is 14.4. The smallest absolute Gasteiger partial charge is 0.220 e. The van der Waals surface area contributed by atoms with Gasteiger partial charge in [-0.05, 0) is 76.9 Å². The van der Waals surface area contributed by atoms with Gasteiger partial charge in [0.25, 0.3) is 0 Å². The van der Waals surface area contributed by atoms with Crippen molar-refractivity contribution in [2.45, 2.75) is 71.8 Å². The van der Waals surface area contributed by atoms with Gasteiger partial charge in [0.15, 0.2) is 0 Å². The Morgan fingerprint density at radius 2 is 2.00 bits per heavy atom. The molecular formula is C20H39N3O. The Labute approximate surface area is 149 Å². The first kappa shape index (κ1) is 19.7. The second kappa shape index (κ2) is 9.19. The molecule has 0 bridgehead atoms. The van der Waals surface area contributed by atoms with Gasteiger partial charge in [0.1, 0.15) is 0 Å². The first-order valence-corrected chi connectivity index (χ1v) is 10.1. The Morgan fingerprint density at radius 3 is 2.67 bits per heavy atom. The van der Waals surface area contributed by atoms with E-state index in [9.17, 15) is 4.79 Å². The minimum absolute atomic E-state index is 0.0570. The number of carbonyl (C=O) groups excluding carboxylic acids is 1. The van der Waals surface area contributed by atoms with Crippen LogP contribution in [-0.2, 0) is 4.79 Å². The summed E-state index contributed by atoms with van der Waals surface area (Å²) in [6, 6.07) is 0. The van der Waals surface area contributed by atoms with Crippen LogP contribution in [0, 0.1) is 17.8 Å². The molecule has 0 aromatic carbocycles. The zero-order chi connectivity index (χ0) is 17.6. The van der Waals surface area contributed by atoms with Crippen LogP contribution in [0.4, 0.5) is 0 Å². The highest BCUT2D eigenvalue weighted by molar-refractivity contribution is 5.76. The van der Waals surface area contributed by atoms with Gasteiger partial charge < -0.3 is 10.6 Å². The topological polar surface area (TPSA) is 44.4 Å². The number of amides is 1. The molecule has 2 aliphatic rings. The number of hydrogen-bond donors (Lipinski definition) is 2. The van der Waals surface area contributed by atoms with Gasteiger partial charge in [-0.25, -0.2) is 0 Å². The fraction of sp³-hybridized carbons (Fsp3) is 0.950. The molecule has 2 rings (SSSR count). The minimum atomic E-state index is 0.0570. The van der Waals surface area contributed by atoms with Crippen molar-refractivity contribution in [1.29, 1.82) is 0 Å². The van der Waals surface area contributed by atoms with Crippen LogP contribution >= 0.6 is 0 Å². The van der Waals surface area contributed by atoms with E-state index in [1.54, 1.807) is 0 Å². The highest BCUT2D eigenvalue weighted by Crippen LogP contribution is 2.26. The Morgan fingerprint density at radius 1 is 1.29 bits per heavy atom. The number of piperidine rings is 2. The predicted octanol–water partition coefficient (Wildman–Crippen LogP) is 3.03. The molecule has 2 heterocycles. The third-order valence-electron chi connectivity index (χ3n) is 6.37. The quantitative estimate of drug-likeness (QED) is 0.750. The molecule has 2 aliphatic heterocycles. The fourth-order valence-corrected chi connectivity index (χ4v) is 4.32. The fourth-order valence-electron chi connectivity index (χ4n) is 4.32. The van der Waals surface area contributed by atoms with Crippen LogP contribution in [0.25, 0.3) is 0 Å². The summed E-state index contributed by atoms with van der Waals surface area (Å²) in [7, 11) is 0. The summed E-state index contributed by atoms with van der Waals surface area (Å²) in [6.07, 6.45) is 7.04.